The number of aliphatic hydroxyl groups is 13. The van der Waals surface area contributed by atoms with Crippen LogP contribution in [0.3, 0.4) is 0 Å². The lowest BCUT2D eigenvalue weighted by molar-refractivity contribution is -0.278. The topological polar surface area (TPSA) is 437 Å². The predicted octanol–water partition coefficient (Wildman–Crippen LogP) is -1.31. The van der Waals surface area contributed by atoms with E-state index in [1.54, 1.807) is 28.1 Å². The normalized spacial score (nSPS) is 49.8. The molecular formula is C70H116O29. The van der Waals surface area contributed by atoms with Gasteiger partial charge in [0.15, 0.2) is 0 Å². The highest BCUT2D eigenvalue weighted by Crippen LogP contribution is 2.76. The minimum Gasteiger partial charge on any atom is -0.481 e. The Kier molecular flexibility index (Phi) is 25.3. The molecule has 0 aromatic rings. The van der Waals surface area contributed by atoms with E-state index in [1.165, 1.54) is 7.11 Å². The average molecular weight is 1420 g/mol. The van der Waals surface area contributed by atoms with Gasteiger partial charge in [-0.2, -0.15) is 0 Å². The number of carboxylic acid groups (broad SMARTS) is 1. The summed E-state index contributed by atoms with van der Waals surface area (Å²) in [7, 11) is 4.54. The van der Waals surface area contributed by atoms with Crippen molar-refractivity contribution in [2.75, 3.05) is 87.4 Å². The number of rotatable bonds is 25. The zero-order valence-electron chi connectivity index (χ0n) is 59.1. The fourth-order valence-corrected chi connectivity index (χ4v) is 20.4. The van der Waals surface area contributed by atoms with Crippen LogP contribution < -0.4 is 0 Å². The maximum atomic E-state index is 15.2. The minimum atomic E-state index is -1.66. The van der Waals surface area contributed by atoms with E-state index >= 15 is 4.79 Å². The van der Waals surface area contributed by atoms with Crippen LogP contribution in [0.25, 0.3) is 0 Å². The van der Waals surface area contributed by atoms with Crippen molar-refractivity contribution in [2.24, 2.45) is 56.2 Å². The Labute approximate surface area is 579 Å². The summed E-state index contributed by atoms with van der Waals surface area (Å²) in [6, 6.07) is 0. The maximum Gasteiger partial charge on any atom is 0.312 e. The first-order chi connectivity index (χ1) is 46.8. The summed E-state index contributed by atoms with van der Waals surface area (Å²) in [5.74, 6) is -3.16. The Morgan fingerprint density at radius 2 is 1.11 bits per heavy atom. The largest absolute Gasteiger partial charge is 0.481 e. The van der Waals surface area contributed by atoms with Crippen molar-refractivity contribution in [2.45, 2.75) is 272 Å². The molecule has 10 rings (SSSR count). The number of carbonyl (C=O) groups is 2. The van der Waals surface area contributed by atoms with Crippen LogP contribution in [0.5, 0.6) is 0 Å². The van der Waals surface area contributed by atoms with Gasteiger partial charge in [0.25, 0.3) is 0 Å². The van der Waals surface area contributed by atoms with Crippen molar-refractivity contribution in [1.82, 2.24) is 0 Å². The van der Waals surface area contributed by atoms with E-state index in [2.05, 4.69) is 33.8 Å². The van der Waals surface area contributed by atoms with E-state index in [4.69, 9.17) is 61.6 Å². The highest BCUT2D eigenvalue weighted by molar-refractivity contribution is 5.79. The van der Waals surface area contributed by atoms with Gasteiger partial charge in [0.1, 0.15) is 116 Å². The Balaban J connectivity index is 0.763. The standard InChI is InChI=1S/C70H116O29/c1-33-57(87-8)61(89-10)59(94-30-45-54(81)60(88-9)58(34(2)97-45)93-29-42-51(78)48(75)35(27-92-42)26-90-28-43-52(79)55(82)49(76)40(24-71)98-43)39(96-33)12-11-21-91-64(86)69-18-17-65(3,4)22-37(69)36-13-14-46-66(5)23-38(74)62(95-31-44-53(80)56(83)50(77)41(25-72)99-44)68(7,63(84)85)47(66)15-16-67(46,6)70(36,32-73)20-19-69/h13,33-35,37-62,71-83H,11-12,14-32H2,1-10H3,(H,84,85)/t33?,34?,35-,37?,38?,39+,40?,41?,42+,43+,44+,45+,46?,47?,48?,49+,50-,51?,52?,53?,54?,55?,56?,57+,58+,59?,60?,61?,62?,66?,67?,68?,69?,70?/m1/s1. The third-order valence-corrected chi connectivity index (χ3v) is 26.2. The van der Waals surface area contributed by atoms with Crippen molar-refractivity contribution in [3.8, 4) is 0 Å². The van der Waals surface area contributed by atoms with Crippen molar-refractivity contribution >= 4 is 11.9 Å². The molecule has 0 spiro atoms. The third-order valence-electron chi connectivity index (χ3n) is 26.2. The second-order valence-electron chi connectivity index (χ2n) is 32.0. The van der Waals surface area contributed by atoms with E-state index in [0.29, 0.717) is 57.8 Å². The van der Waals surface area contributed by atoms with Crippen LogP contribution in [0.1, 0.15) is 119 Å². The second kappa shape index (κ2) is 31.6. The zero-order valence-corrected chi connectivity index (χ0v) is 59.1. The number of allylic oxidation sites excluding steroid dienone is 1. The van der Waals surface area contributed by atoms with Crippen LogP contribution in [0, 0.1) is 56.2 Å². The summed E-state index contributed by atoms with van der Waals surface area (Å²) < 4.78 is 79.3. The molecule has 34 atom stereocenters. The molecule has 0 aromatic heterocycles. The number of aliphatic hydroxyl groups excluding tert-OH is 13. The molecule has 0 radical (unpaired) electrons. The maximum absolute atomic E-state index is 15.2. The molecule has 5 heterocycles. The summed E-state index contributed by atoms with van der Waals surface area (Å²) in [5, 5.41) is 151. The van der Waals surface area contributed by atoms with Gasteiger partial charge in [-0.1, -0.05) is 39.3 Å². The number of methoxy groups -OCH3 is 3. The summed E-state index contributed by atoms with van der Waals surface area (Å²) in [4.78, 5) is 29.0. The number of hydrogen-bond donors (Lipinski definition) is 14. The SMILES string of the molecule is COC1C(O)[C@H](COC2C(OC)[C@@H](OC)C(C)O[C@H]2CCCOC(=O)C23CCC(C)(C)CC2C2=CCC4C5(C)CC(O)C(OC[C@@H]6OC(CO)[C@@H](O)C(O)C6O)C(C)(C(=O)O)C5CCC4(C)C2(CO)CC3)OC(C)[C@@H]1OC[C@@H]1OC[C@@H](COC[C@@H]2OC(CO)[C@H](O)C(O)C2O)C(O)C1O. The fourth-order valence-electron chi connectivity index (χ4n) is 20.4. The van der Waals surface area contributed by atoms with Crippen LogP contribution >= 0.6 is 0 Å². The van der Waals surface area contributed by atoms with Crippen LogP contribution in [-0.4, -0.2) is 323 Å². The Hall–Kier alpha value is -2.32. The quantitative estimate of drug-likeness (QED) is 0.0287. The minimum absolute atomic E-state index is 0.0502. The molecular weight excluding hydrogens is 1300 g/mol. The molecule has 0 aromatic carbocycles. The van der Waals surface area contributed by atoms with Crippen molar-refractivity contribution in [1.29, 1.82) is 0 Å². The van der Waals surface area contributed by atoms with E-state index in [0.717, 1.165) is 12.0 Å². The second-order valence-corrected chi connectivity index (χ2v) is 32.0. The van der Waals surface area contributed by atoms with Crippen molar-refractivity contribution in [3.63, 3.8) is 0 Å². The van der Waals surface area contributed by atoms with Gasteiger partial charge in [-0.3, -0.25) is 9.59 Å². The number of aliphatic carboxylic acids is 1. The van der Waals surface area contributed by atoms with Gasteiger partial charge in [0.05, 0.1) is 114 Å². The molecule has 570 valence electrons. The lowest BCUT2D eigenvalue weighted by atomic mass is 9.33. The van der Waals surface area contributed by atoms with Crippen molar-refractivity contribution in [3.05, 3.63) is 11.6 Å². The molecule has 0 bridgehead atoms. The van der Waals surface area contributed by atoms with E-state index in [9.17, 15) is 76.3 Å². The number of fused-ring (bicyclic) bond motifs is 7. The van der Waals surface area contributed by atoms with Gasteiger partial charge in [-0.05, 0) is 125 Å². The van der Waals surface area contributed by atoms with Gasteiger partial charge in [0.2, 0.25) is 0 Å². The van der Waals surface area contributed by atoms with E-state index in [-0.39, 0.29) is 75.9 Å². The molecule has 24 unspecified atom stereocenters. The zero-order chi connectivity index (χ0) is 72.2. The first-order valence-electron chi connectivity index (χ1n) is 35.8. The van der Waals surface area contributed by atoms with Crippen LogP contribution in [-0.2, 0) is 71.2 Å². The molecule has 99 heavy (non-hydrogen) atoms. The van der Waals surface area contributed by atoms with Crippen LogP contribution in [0.4, 0.5) is 0 Å². The van der Waals surface area contributed by atoms with Gasteiger partial charge < -0.3 is 133 Å². The van der Waals surface area contributed by atoms with Crippen LogP contribution in [0.15, 0.2) is 11.6 Å². The summed E-state index contributed by atoms with van der Waals surface area (Å²) in [6.45, 7) is 11.3. The van der Waals surface area contributed by atoms with Gasteiger partial charge in [0, 0.05) is 32.7 Å². The smallest absolute Gasteiger partial charge is 0.312 e. The number of hydrogen-bond acceptors (Lipinski definition) is 28. The molecule has 5 aliphatic carbocycles. The highest BCUT2D eigenvalue weighted by Gasteiger charge is 2.73. The molecule has 0 amide bonds. The Morgan fingerprint density at radius 3 is 1.73 bits per heavy atom. The summed E-state index contributed by atoms with van der Waals surface area (Å²) in [5.41, 5.74) is -3.82. The van der Waals surface area contributed by atoms with Crippen LogP contribution in [0.2, 0.25) is 0 Å². The number of carboxylic acids is 1. The molecule has 5 aliphatic heterocycles. The summed E-state index contributed by atoms with van der Waals surface area (Å²) >= 11 is 0. The van der Waals surface area contributed by atoms with Crippen molar-refractivity contribution < 1.29 is 143 Å². The fraction of sp³-hybridized carbons (Fsp3) is 0.943. The number of esters is 1. The van der Waals surface area contributed by atoms with E-state index < -0.39 is 217 Å². The summed E-state index contributed by atoms with van der Waals surface area (Å²) in [6.07, 6.45) is -20.5. The average Bonchev–Trinajstić information content (AvgIpc) is 0.668. The van der Waals surface area contributed by atoms with Gasteiger partial charge >= 0.3 is 11.9 Å². The molecule has 29 heteroatoms. The Bertz CT molecular complexity index is 2710. The van der Waals surface area contributed by atoms with E-state index in [1.807, 2.05) is 6.92 Å². The molecule has 10 aliphatic rings. The lowest BCUT2D eigenvalue weighted by Crippen LogP contribution is -2.70. The first-order valence-corrected chi connectivity index (χ1v) is 35.8. The predicted molar refractivity (Wildman–Crippen MR) is 344 cm³/mol. The van der Waals surface area contributed by atoms with Gasteiger partial charge in [-0.25, -0.2) is 0 Å². The third kappa shape index (κ3) is 14.4. The first kappa shape index (κ1) is 79.2. The Morgan fingerprint density at radius 1 is 0.556 bits per heavy atom. The van der Waals surface area contributed by atoms with Gasteiger partial charge in [-0.15, -0.1) is 0 Å². The highest BCUT2D eigenvalue weighted by atomic mass is 16.6. The molecule has 4 saturated carbocycles. The monoisotopic (exact) mass is 1420 g/mol. The molecule has 9 fully saturated rings. The lowest BCUT2D eigenvalue weighted by Gasteiger charge is -2.71. The molecule has 14 N–H and O–H groups in total. The number of ether oxygens (including phenoxy) is 13. The molecule has 5 saturated heterocycles. The molecule has 29 nitrogen and oxygen atoms in total. The number of carbonyl (C=O) groups excluding carboxylic acids is 1.